The number of fused-ring (bicyclic) bond motifs is 12. The van der Waals surface area contributed by atoms with Gasteiger partial charge in [0.2, 0.25) is 0 Å². The lowest BCUT2D eigenvalue weighted by Gasteiger charge is -2.17. The first kappa shape index (κ1) is 65.2. The van der Waals surface area contributed by atoms with Crippen LogP contribution in [0, 0.1) is 55.4 Å². The van der Waals surface area contributed by atoms with Gasteiger partial charge in [0, 0.05) is 93.5 Å². The van der Waals surface area contributed by atoms with Crippen molar-refractivity contribution in [1.82, 2.24) is 38.2 Å². The van der Waals surface area contributed by atoms with Crippen LogP contribution >= 0.6 is 0 Å². The second-order valence-corrected chi connectivity index (χ2v) is 29.2. The van der Waals surface area contributed by atoms with Crippen molar-refractivity contribution in [3.8, 4) is 90.6 Å². The molecule has 0 unspecified atom stereocenters. The third-order valence-electron chi connectivity index (χ3n) is 21.7. The van der Waals surface area contributed by atoms with Crippen molar-refractivity contribution in [3.05, 3.63) is 360 Å². The van der Waals surface area contributed by atoms with Crippen LogP contribution in [0.3, 0.4) is 0 Å². The first-order valence-electron chi connectivity index (χ1n) is 37.2. The van der Waals surface area contributed by atoms with E-state index in [0.29, 0.717) is 0 Å². The number of rotatable bonds is 10. The Balaban J connectivity index is 0.000000147. The minimum Gasteiger partial charge on any atom is -0.309 e. The molecule has 0 fully saturated rings. The van der Waals surface area contributed by atoms with Crippen molar-refractivity contribution >= 4 is 87.2 Å². The van der Waals surface area contributed by atoms with E-state index in [-0.39, 0.29) is 0 Å². The van der Waals surface area contributed by atoms with Crippen LogP contribution in [-0.4, -0.2) is 38.2 Å². The minimum absolute atomic E-state index is 0.730. The molecule has 108 heavy (non-hydrogen) atoms. The van der Waals surface area contributed by atoms with E-state index in [0.717, 1.165) is 84.9 Å². The van der Waals surface area contributed by atoms with Crippen molar-refractivity contribution in [2.75, 3.05) is 0 Å². The van der Waals surface area contributed by atoms with Crippen LogP contribution in [0.15, 0.2) is 315 Å². The lowest BCUT2D eigenvalue weighted by atomic mass is 9.97. The molecule has 0 spiro atoms. The Hall–Kier alpha value is -13.6. The highest BCUT2D eigenvalue weighted by atomic mass is 15.0. The van der Waals surface area contributed by atoms with Gasteiger partial charge in [0.15, 0.2) is 11.6 Å². The number of hydrogen-bond acceptors (Lipinski definition) is 4. The second kappa shape index (κ2) is 26.2. The highest BCUT2D eigenvalue weighted by Gasteiger charge is 2.24. The van der Waals surface area contributed by atoms with Crippen molar-refractivity contribution < 1.29 is 0 Å². The molecule has 20 rings (SSSR count). The van der Waals surface area contributed by atoms with Gasteiger partial charge in [-0.1, -0.05) is 204 Å². The van der Waals surface area contributed by atoms with E-state index in [2.05, 4.69) is 389 Å². The number of aryl methyl sites for hydroxylation is 8. The van der Waals surface area contributed by atoms with Gasteiger partial charge in [-0.15, -0.1) is 0 Å². The Bertz CT molecular complexity index is 6770. The summed E-state index contributed by atoms with van der Waals surface area (Å²) in [6.07, 6.45) is 0. The molecule has 0 amide bonds. The van der Waals surface area contributed by atoms with Gasteiger partial charge >= 0.3 is 0 Å². The Morgan fingerprint density at radius 2 is 0.491 bits per heavy atom. The van der Waals surface area contributed by atoms with Crippen LogP contribution in [0.4, 0.5) is 0 Å². The zero-order valence-electron chi connectivity index (χ0n) is 61.6. The van der Waals surface area contributed by atoms with Crippen LogP contribution in [0.2, 0.25) is 0 Å². The van der Waals surface area contributed by atoms with Gasteiger partial charge < -0.3 is 18.3 Å². The van der Waals surface area contributed by atoms with E-state index in [1.54, 1.807) is 0 Å². The van der Waals surface area contributed by atoms with Crippen molar-refractivity contribution in [2.45, 2.75) is 55.4 Å². The van der Waals surface area contributed by atoms with Gasteiger partial charge in [-0.25, -0.2) is 19.9 Å². The highest BCUT2D eigenvalue weighted by Crippen LogP contribution is 2.43. The third kappa shape index (κ3) is 11.2. The van der Waals surface area contributed by atoms with E-state index in [9.17, 15) is 0 Å². The molecule has 6 heterocycles. The topological polar surface area (TPSA) is 71.3 Å². The largest absolute Gasteiger partial charge is 0.309 e. The summed E-state index contributed by atoms with van der Waals surface area (Å²) >= 11 is 0. The number of benzene rings is 14. The summed E-state index contributed by atoms with van der Waals surface area (Å²) in [6.45, 7) is 17.3. The summed E-state index contributed by atoms with van der Waals surface area (Å²) in [7, 11) is 0. The van der Waals surface area contributed by atoms with E-state index < -0.39 is 0 Å². The standard InChI is InChI=1S/2C50H38N4/c1-31-13-11-15-35(25-31)43-30-44(52-50(51-43)36-16-12-14-32(2)26-36)37-27-33(3)49(34(4)28-37)54-47-22-10-7-19-41(47)42-29-38(23-24-48(42)54)53-45-20-8-5-17-39(45)40-18-6-9-21-46(40)53;1-31-13-11-15-35(25-31)43-30-44(52-50(51-43)36-16-12-14-32(2)26-36)49-33(3)27-38(28-34(49)4)54-47-22-10-7-19-41(47)42-29-37(23-24-48(42)54)53-45-20-8-5-17-39(45)40-18-6-9-21-46(40)53/h2*5-30H,1-4H3. The molecule has 0 N–H and O–H groups in total. The van der Waals surface area contributed by atoms with Gasteiger partial charge in [-0.2, -0.15) is 0 Å². The molecular formula is C100H76N8. The van der Waals surface area contributed by atoms with Gasteiger partial charge in [-0.3, -0.25) is 0 Å². The molecule has 14 aromatic carbocycles. The first-order valence-corrected chi connectivity index (χ1v) is 37.2. The zero-order valence-corrected chi connectivity index (χ0v) is 61.6. The van der Waals surface area contributed by atoms with E-state index in [1.807, 2.05) is 0 Å². The van der Waals surface area contributed by atoms with Crippen LogP contribution in [0.1, 0.15) is 44.5 Å². The molecule has 8 nitrogen and oxygen atoms in total. The Morgan fingerprint density at radius 1 is 0.194 bits per heavy atom. The summed E-state index contributed by atoms with van der Waals surface area (Å²) in [5, 5.41) is 9.99. The summed E-state index contributed by atoms with van der Waals surface area (Å²) < 4.78 is 9.67. The molecule has 6 aromatic heterocycles. The third-order valence-corrected chi connectivity index (χ3v) is 21.7. The van der Waals surface area contributed by atoms with Gasteiger partial charge in [0.25, 0.3) is 0 Å². The van der Waals surface area contributed by atoms with Crippen LogP contribution in [0.5, 0.6) is 0 Å². The first-order chi connectivity index (χ1) is 52.8. The quantitative estimate of drug-likeness (QED) is 0.137. The normalized spacial score (nSPS) is 11.7. The lowest BCUT2D eigenvalue weighted by molar-refractivity contribution is 1.11. The predicted molar refractivity (Wildman–Crippen MR) is 452 cm³/mol. The molecule has 8 heteroatoms. The number of nitrogens with zero attached hydrogens (tertiary/aromatic N) is 8. The van der Waals surface area contributed by atoms with Crippen molar-refractivity contribution in [1.29, 1.82) is 0 Å². The van der Waals surface area contributed by atoms with Crippen LogP contribution in [-0.2, 0) is 0 Å². The average molecular weight is 1390 g/mol. The van der Waals surface area contributed by atoms with Gasteiger partial charge in [0.05, 0.1) is 72.6 Å². The molecule has 0 radical (unpaired) electrons. The molecule has 0 saturated heterocycles. The number of hydrogen-bond donors (Lipinski definition) is 0. The lowest BCUT2D eigenvalue weighted by Crippen LogP contribution is -2.02. The molecule has 0 aliphatic heterocycles. The summed E-state index contributed by atoms with van der Waals surface area (Å²) in [6, 6.07) is 114. The fourth-order valence-electron chi connectivity index (χ4n) is 17.0. The highest BCUT2D eigenvalue weighted by molar-refractivity contribution is 6.14. The molecule has 20 aromatic rings. The summed E-state index contributed by atoms with van der Waals surface area (Å²) in [4.78, 5) is 20.6. The van der Waals surface area contributed by atoms with E-state index >= 15 is 0 Å². The maximum Gasteiger partial charge on any atom is 0.160 e. The fourth-order valence-corrected chi connectivity index (χ4v) is 17.0. The van der Waals surface area contributed by atoms with Crippen LogP contribution < -0.4 is 0 Å². The second-order valence-electron chi connectivity index (χ2n) is 29.2. The monoisotopic (exact) mass is 1390 g/mol. The Morgan fingerprint density at radius 3 is 0.880 bits per heavy atom. The molecule has 0 atom stereocenters. The smallest absolute Gasteiger partial charge is 0.160 e. The van der Waals surface area contributed by atoms with Gasteiger partial charge in [0.1, 0.15) is 0 Å². The molecule has 0 saturated carbocycles. The fraction of sp³-hybridized carbons (Fsp3) is 0.0800. The maximum atomic E-state index is 5.23. The number of aromatic nitrogens is 8. The van der Waals surface area contributed by atoms with Crippen molar-refractivity contribution in [3.63, 3.8) is 0 Å². The van der Waals surface area contributed by atoms with Gasteiger partial charge in [-0.05, 0) is 211 Å². The summed E-state index contributed by atoms with van der Waals surface area (Å²) in [5.74, 6) is 1.46. The maximum absolute atomic E-state index is 5.23. The molecule has 0 bridgehead atoms. The average Bonchev–Trinajstić information content (AvgIpc) is 1.57. The van der Waals surface area contributed by atoms with E-state index in [1.165, 1.54) is 137 Å². The molecule has 0 aliphatic carbocycles. The van der Waals surface area contributed by atoms with Crippen LogP contribution in [0.25, 0.3) is 178 Å². The zero-order chi connectivity index (χ0) is 73.0. The SMILES string of the molecule is Cc1cccc(-c2cc(-c3c(C)cc(-n4c5ccccc5c5cc(-n6c7ccccc7c7ccccc76)ccc54)cc3C)nc(-c3cccc(C)c3)n2)c1.Cc1cccc(-c2cc(-c3cc(C)c(-n4c5ccccc5c5cc(-n6c7ccccc7c7ccccc76)ccc54)c(C)c3)nc(-c3cccc(C)c3)n2)c1. The molecule has 516 valence electrons. The minimum atomic E-state index is 0.730. The molecular weight excluding hydrogens is 1310 g/mol. The van der Waals surface area contributed by atoms with E-state index in [4.69, 9.17) is 19.9 Å². The summed E-state index contributed by atoms with van der Waals surface area (Å²) in [5.41, 5.74) is 33.8. The number of para-hydroxylation sites is 6. The Labute approximate surface area is 627 Å². The van der Waals surface area contributed by atoms with Crippen molar-refractivity contribution in [2.24, 2.45) is 0 Å². The predicted octanol–water partition coefficient (Wildman–Crippen LogP) is 25.8. The molecule has 0 aliphatic rings. The Kier molecular flexibility index (Phi) is 15.8.